The average molecular weight is 727 g/mol. The van der Waals surface area contributed by atoms with E-state index in [9.17, 15) is 0 Å². The number of aromatic nitrogens is 2. The minimum atomic E-state index is -2.43. The average Bonchev–Trinajstić information content (AvgIpc) is 3.46. The Labute approximate surface area is 255 Å². The monoisotopic (exact) mass is 726 g/mol. The van der Waals surface area contributed by atoms with Gasteiger partial charge < -0.3 is 14.4 Å². The number of anilines is 1. The summed E-state index contributed by atoms with van der Waals surface area (Å²) in [4.78, 5) is 9.14. The molecule has 3 heterocycles. The number of para-hydroxylation sites is 1. The van der Waals surface area contributed by atoms with Gasteiger partial charge in [0.1, 0.15) is 8.07 Å². The van der Waals surface area contributed by atoms with Gasteiger partial charge in [-0.2, -0.15) is 24.0 Å². The summed E-state index contributed by atoms with van der Waals surface area (Å²) in [5.41, 5.74) is 4.19. The second kappa shape index (κ2) is 11.2. The van der Waals surface area contributed by atoms with Crippen LogP contribution >= 0.6 is 0 Å². The summed E-state index contributed by atoms with van der Waals surface area (Å²) >= 11 is 0. The van der Waals surface area contributed by atoms with Crippen molar-refractivity contribution in [3.05, 3.63) is 115 Å². The Morgan fingerprint density at radius 1 is 0.875 bits per heavy atom. The Morgan fingerprint density at radius 3 is 2.17 bits per heavy atom. The Hall–Kier alpha value is -2.88. The minimum Gasteiger partial charge on any atom is -0.510 e. The molecule has 2 aromatic carbocycles. The predicted molar refractivity (Wildman–Crippen MR) is 166 cm³/mol. The van der Waals surface area contributed by atoms with Gasteiger partial charge in [-0.3, -0.25) is 4.98 Å². The predicted octanol–water partition coefficient (Wildman–Crippen LogP) is 7.76. The van der Waals surface area contributed by atoms with Crippen molar-refractivity contribution in [1.82, 2.24) is 14.5 Å². The molecule has 5 rings (SSSR count). The molecular formula is C34H39N4PtSi-3. The zero-order valence-corrected chi connectivity index (χ0v) is 28.0. The van der Waals surface area contributed by atoms with Gasteiger partial charge >= 0.3 is 0 Å². The first-order chi connectivity index (χ1) is 18.4. The fraction of sp³-hybridized carbons (Fsp3) is 0.294. The third kappa shape index (κ3) is 5.15. The first-order valence-corrected chi connectivity index (χ1v) is 15.6. The smallest absolute Gasteiger partial charge is 0.129 e. The Kier molecular flexibility index (Phi) is 8.41. The molecule has 0 radical (unpaired) electrons. The number of allylic oxidation sites excluding steroid dienone is 1. The first-order valence-electron chi connectivity index (χ1n) is 13.6. The number of nitrogens with zero attached hydrogens (tertiary/aromatic N) is 4. The van der Waals surface area contributed by atoms with Crippen molar-refractivity contribution in [2.45, 2.75) is 58.5 Å². The van der Waals surface area contributed by atoms with Crippen molar-refractivity contribution in [3.63, 3.8) is 0 Å². The standard InChI is InChI=1S/C34H39N4Si.Pt/c1-26(39(33(2,3)4,34(5,6)7)32-18-11-12-19-35-32)22-30-23-27-14-9-10-17-31(27)38(30)29-16-13-15-28(24-29)37-21-20-36(8)25-37;/h9-21,23,25H,1-8H3;/q-3;. The van der Waals surface area contributed by atoms with Gasteiger partial charge in [-0.15, -0.1) is 29.6 Å². The molecule has 1 aliphatic heterocycles. The zero-order valence-electron chi connectivity index (χ0n) is 24.8. The topological polar surface area (TPSA) is 24.3 Å². The van der Waals surface area contributed by atoms with Crippen molar-refractivity contribution >= 4 is 30.0 Å². The number of pyridine rings is 1. The minimum absolute atomic E-state index is 0. The van der Waals surface area contributed by atoms with Crippen LogP contribution in [-0.4, -0.2) is 29.6 Å². The van der Waals surface area contributed by atoms with Crippen molar-refractivity contribution in [3.8, 4) is 5.69 Å². The van der Waals surface area contributed by atoms with E-state index >= 15 is 0 Å². The summed E-state index contributed by atoms with van der Waals surface area (Å²) in [6.07, 6.45) is 10.0. The molecule has 0 atom stereocenters. The molecule has 0 saturated heterocycles. The van der Waals surface area contributed by atoms with Crippen molar-refractivity contribution in [1.29, 1.82) is 0 Å². The molecular weight excluding hydrogens is 688 g/mol. The SMILES string of the molecule is CC(=[C-]c1cc2ccccc2n1-c1[c-]c(N2C=CN(C)[CH-]2)ccc1)[Si](c1ccccn1)(C(C)(C)C)C(C)(C)C.[Pt]. The second-order valence-electron chi connectivity index (χ2n) is 12.5. The van der Waals surface area contributed by atoms with Crippen LogP contribution in [0.25, 0.3) is 16.6 Å². The van der Waals surface area contributed by atoms with E-state index in [-0.39, 0.29) is 31.1 Å². The maximum atomic E-state index is 5.00. The van der Waals surface area contributed by atoms with E-state index in [0.29, 0.717) is 0 Å². The molecule has 0 unspecified atom stereocenters. The van der Waals surface area contributed by atoms with Crippen molar-refractivity contribution in [2.75, 3.05) is 11.9 Å². The molecule has 4 nitrogen and oxygen atoms in total. The molecule has 0 saturated carbocycles. The van der Waals surface area contributed by atoms with Crippen LogP contribution in [0.15, 0.2) is 90.5 Å². The third-order valence-corrected chi connectivity index (χ3v) is 14.8. The summed E-state index contributed by atoms with van der Waals surface area (Å²) < 4.78 is 2.30. The molecule has 0 N–H and O–H groups in total. The number of hydrogen-bond acceptors (Lipinski definition) is 3. The summed E-state index contributed by atoms with van der Waals surface area (Å²) in [5.74, 6) is 0. The Morgan fingerprint density at radius 2 is 1.55 bits per heavy atom. The fourth-order valence-corrected chi connectivity index (χ4v) is 14.3. The van der Waals surface area contributed by atoms with Gasteiger partial charge in [0, 0.05) is 38.1 Å². The molecule has 1 aliphatic rings. The molecule has 6 heteroatoms. The van der Waals surface area contributed by atoms with Crippen LogP contribution in [0.4, 0.5) is 5.69 Å². The summed E-state index contributed by atoms with van der Waals surface area (Å²) in [6, 6.07) is 27.2. The van der Waals surface area contributed by atoms with Crippen LogP contribution in [0.2, 0.25) is 10.1 Å². The summed E-state index contributed by atoms with van der Waals surface area (Å²) in [7, 11) is -0.400. The molecule has 0 bridgehead atoms. The van der Waals surface area contributed by atoms with Gasteiger partial charge in [0.2, 0.25) is 0 Å². The van der Waals surface area contributed by atoms with Gasteiger partial charge in [-0.25, -0.2) is 6.08 Å². The second-order valence-corrected chi connectivity index (χ2v) is 18.3. The Bertz CT molecular complexity index is 1530. The van der Waals surface area contributed by atoms with Crippen LogP contribution in [-0.2, 0) is 21.1 Å². The molecule has 0 aliphatic carbocycles. The quantitative estimate of drug-likeness (QED) is 0.155. The van der Waals surface area contributed by atoms with E-state index in [0.717, 1.165) is 22.6 Å². The van der Waals surface area contributed by atoms with E-state index in [4.69, 9.17) is 4.98 Å². The molecule has 4 aromatic rings. The van der Waals surface area contributed by atoms with Crippen molar-refractivity contribution in [2.24, 2.45) is 0 Å². The van der Waals surface area contributed by atoms with E-state index in [1.807, 2.05) is 30.4 Å². The van der Waals surface area contributed by atoms with Crippen LogP contribution in [0, 0.1) is 18.8 Å². The summed E-state index contributed by atoms with van der Waals surface area (Å²) in [5, 5.41) is 3.74. The largest absolute Gasteiger partial charge is 0.510 e. The molecule has 0 fully saturated rings. The van der Waals surface area contributed by atoms with Crippen LogP contribution < -0.4 is 10.2 Å². The van der Waals surface area contributed by atoms with Crippen LogP contribution in [0.5, 0.6) is 0 Å². The first kappa shape index (κ1) is 30.1. The van der Waals surface area contributed by atoms with Gasteiger partial charge in [-0.1, -0.05) is 83.8 Å². The molecule has 40 heavy (non-hydrogen) atoms. The molecule has 2 aromatic heterocycles. The van der Waals surface area contributed by atoms with Crippen molar-refractivity contribution < 1.29 is 21.1 Å². The maximum Gasteiger partial charge on any atom is 0.129 e. The number of hydrogen-bond donors (Lipinski definition) is 0. The van der Waals surface area contributed by atoms with E-state index in [1.54, 1.807) is 0 Å². The normalized spacial score (nSPS) is 14.7. The van der Waals surface area contributed by atoms with Gasteiger partial charge in [0.15, 0.2) is 0 Å². The molecule has 0 amide bonds. The van der Waals surface area contributed by atoms with E-state index in [1.165, 1.54) is 15.9 Å². The zero-order chi connectivity index (χ0) is 28.0. The number of benzene rings is 2. The number of fused-ring (bicyclic) bond motifs is 1. The van der Waals surface area contributed by atoms with Crippen LogP contribution in [0.1, 0.15) is 54.2 Å². The van der Waals surface area contributed by atoms with Gasteiger partial charge in [0.05, 0.1) is 0 Å². The van der Waals surface area contributed by atoms with Gasteiger partial charge in [-0.05, 0) is 47.7 Å². The third-order valence-electron chi connectivity index (χ3n) is 7.94. The molecule has 212 valence electrons. The van der Waals surface area contributed by atoms with Crippen LogP contribution in [0.3, 0.4) is 0 Å². The fourth-order valence-electron chi connectivity index (χ4n) is 6.91. The maximum absolute atomic E-state index is 5.00. The number of rotatable bonds is 5. The Balaban J connectivity index is 0.00000370. The van der Waals surface area contributed by atoms with E-state index in [2.05, 4.69) is 144 Å². The van der Waals surface area contributed by atoms with E-state index < -0.39 is 8.07 Å². The molecule has 0 spiro atoms. The summed E-state index contributed by atoms with van der Waals surface area (Å²) in [6.45, 7) is 18.6. The van der Waals surface area contributed by atoms with Gasteiger partial charge in [0.25, 0.3) is 0 Å².